The minimum atomic E-state index is 0.635. The molecule has 0 amide bonds. The van der Waals surface area contributed by atoms with E-state index in [-0.39, 0.29) is 0 Å². The predicted octanol–water partition coefficient (Wildman–Crippen LogP) is 2.37. The molecule has 78 valence electrons. The second-order valence-electron chi connectivity index (χ2n) is 4.20. The molecule has 14 heavy (non-hydrogen) atoms. The summed E-state index contributed by atoms with van der Waals surface area (Å²) in [6.45, 7) is 6.88. The third-order valence-corrected chi connectivity index (χ3v) is 3.36. The van der Waals surface area contributed by atoms with Gasteiger partial charge in [0, 0.05) is 30.4 Å². The Kier molecular flexibility index (Phi) is 2.93. The normalized spacial score (nSPS) is 23.6. The predicted molar refractivity (Wildman–Crippen MR) is 60.4 cm³/mol. The number of H-pyrrole nitrogens is 1. The number of likely N-dealkylation sites (tertiary alicyclic amines) is 1. The van der Waals surface area contributed by atoms with E-state index in [1.165, 1.54) is 18.7 Å². The maximum Gasteiger partial charge on any atom is 0.174 e. The second-order valence-corrected chi connectivity index (χ2v) is 4.95. The first kappa shape index (κ1) is 10.2. The number of imidazole rings is 1. The molecule has 1 aliphatic heterocycles. The molecule has 2 heterocycles. The highest BCUT2D eigenvalue weighted by Gasteiger charge is 2.26. The third kappa shape index (κ3) is 2.01. The number of hydrogen-bond acceptors (Lipinski definition) is 2. The van der Waals surface area contributed by atoms with Gasteiger partial charge in [0.25, 0.3) is 0 Å². The second kappa shape index (κ2) is 4.03. The quantitative estimate of drug-likeness (QED) is 0.883. The van der Waals surface area contributed by atoms with Gasteiger partial charge in [-0.1, -0.05) is 0 Å². The first-order chi connectivity index (χ1) is 6.66. The summed E-state index contributed by atoms with van der Waals surface area (Å²) in [4.78, 5) is 9.94. The van der Waals surface area contributed by atoms with Gasteiger partial charge in [0.15, 0.2) is 4.73 Å². The monoisotopic (exact) mass is 257 g/mol. The molecule has 0 aliphatic carbocycles. The fraction of sp³-hybridized carbons (Fsp3) is 0.700. The van der Waals surface area contributed by atoms with Crippen molar-refractivity contribution in [2.75, 3.05) is 13.1 Å². The van der Waals surface area contributed by atoms with Crippen LogP contribution in [0.5, 0.6) is 0 Å². The van der Waals surface area contributed by atoms with Crippen molar-refractivity contribution in [1.82, 2.24) is 14.9 Å². The highest BCUT2D eigenvalue weighted by atomic mass is 79.9. The van der Waals surface area contributed by atoms with Crippen molar-refractivity contribution in [1.29, 1.82) is 0 Å². The first-order valence-corrected chi connectivity index (χ1v) is 5.90. The van der Waals surface area contributed by atoms with E-state index in [1.54, 1.807) is 0 Å². The Balaban J connectivity index is 2.02. The summed E-state index contributed by atoms with van der Waals surface area (Å²) in [5.41, 5.74) is 1.26. The fourth-order valence-electron chi connectivity index (χ4n) is 2.03. The van der Waals surface area contributed by atoms with Gasteiger partial charge in [-0.15, -0.1) is 0 Å². The number of aromatic nitrogens is 2. The summed E-state index contributed by atoms with van der Waals surface area (Å²) in [6.07, 6.45) is 3.19. The third-order valence-electron chi connectivity index (χ3n) is 2.95. The lowest BCUT2D eigenvalue weighted by molar-refractivity contribution is 0.272. The van der Waals surface area contributed by atoms with E-state index in [1.807, 2.05) is 6.20 Å². The molecule has 1 unspecified atom stereocenters. The van der Waals surface area contributed by atoms with Gasteiger partial charge in [-0.3, -0.25) is 0 Å². The number of rotatable bonds is 2. The molecular formula is C10H16BrN3. The van der Waals surface area contributed by atoms with E-state index in [0.29, 0.717) is 12.0 Å². The van der Waals surface area contributed by atoms with Gasteiger partial charge >= 0.3 is 0 Å². The fourth-order valence-corrected chi connectivity index (χ4v) is 2.36. The minimum Gasteiger partial charge on any atom is -0.336 e. The van der Waals surface area contributed by atoms with Gasteiger partial charge in [0.2, 0.25) is 0 Å². The number of nitrogens with zero attached hydrogens (tertiary/aromatic N) is 2. The van der Waals surface area contributed by atoms with E-state index in [9.17, 15) is 0 Å². The molecule has 2 rings (SSSR count). The van der Waals surface area contributed by atoms with E-state index < -0.39 is 0 Å². The Morgan fingerprint density at radius 1 is 1.64 bits per heavy atom. The first-order valence-electron chi connectivity index (χ1n) is 5.11. The van der Waals surface area contributed by atoms with Crippen molar-refractivity contribution in [2.45, 2.75) is 32.2 Å². The number of halogens is 1. The van der Waals surface area contributed by atoms with Gasteiger partial charge in [-0.25, -0.2) is 4.98 Å². The summed E-state index contributed by atoms with van der Waals surface area (Å²) in [7, 11) is 0. The molecule has 1 aromatic heterocycles. The Morgan fingerprint density at radius 2 is 2.43 bits per heavy atom. The zero-order chi connectivity index (χ0) is 10.1. The topological polar surface area (TPSA) is 31.9 Å². The lowest BCUT2D eigenvalue weighted by Crippen LogP contribution is -2.27. The van der Waals surface area contributed by atoms with Crippen LogP contribution in [0.15, 0.2) is 10.9 Å². The average molecular weight is 258 g/mol. The zero-order valence-corrected chi connectivity index (χ0v) is 10.2. The highest BCUT2D eigenvalue weighted by Crippen LogP contribution is 2.27. The Morgan fingerprint density at radius 3 is 2.93 bits per heavy atom. The van der Waals surface area contributed by atoms with Crippen molar-refractivity contribution in [2.24, 2.45) is 0 Å². The van der Waals surface area contributed by atoms with Crippen LogP contribution in [-0.4, -0.2) is 34.0 Å². The van der Waals surface area contributed by atoms with Crippen LogP contribution < -0.4 is 0 Å². The van der Waals surface area contributed by atoms with Crippen LogP contribution in [0.3, 0.4) is 0 Å². The maximum absolute atomic E-state index is 4.17. The van der Waals surface area contributed by atoms with Crippen molar-refractivity contribution in [3.63, 3.8) is 0 Å². The van der Waals surface area contributed by atoms with Crippen molar-refractivity contribution < 1.29 is 0 Å². The number of hydrogen-bond donors (Lipinski definition) is 1. The molecule has 0 radical (unpaired) electrons. The summed E-state index contributed by atoms with van der Waals surface area (Å²) >= 11 is 3.34. The molecule has 0 spiro atoms. The van der Waals surface area contributed by atoms with Crippen molar-refractivity contribution in [3.05, 3.63) is 16.6 Å². The van der Waals surface area contributed by atoms with Crippen LogP contribution in [0, 0.1) is 0 Å². The summed E-state index contributed by atoms with van der Waals surface area (Å²) in [5, 5.41) is 0. The van der Waals surface area contributed by atoms with E-state index in [2.05, 4.69) is 44.6 Å². The molecule has 1 aromatic rings. The van der Waals surface area contributed by atoms with Crippen LogP contribution in [0.2, 0.25) is 0 Å². The van der Waals surface area contributed by atoms with Crippen LogP contribution in [0.4, 0.5) is 0 Å². The van der Waals surface area contributed by atoms with Gasteiger partial charge in [-0.05, 0) is 42.7 Å². The van der Waals surface area contributed by atoms with E-state index in [0.717, 1.165) is 11.3 Å². The van der Waals surface area contributed by atoms with Crippen LogP contribution in [-0.2, 0) is 0 Å². The Labute approximate surface area is 93.0 Å². The molecule has 0 aromatic carbocycles. The largest absolute Gasteiger partial charge is 0.336 e. The summed E-state index contributed by atoms with van der Waals surface area (Å²) in [5.74, 6) is 0.635. The molecular weight excluding hydrogens is 242 g/mol. The van der Waals surface area contributed by atoms with Gasteiger partial charge in [0.05, 0.1) is 0 Å². The van der Waals surface area contributed by atoms with Crippen molar-refractivity contribution >= 4 is 15.9 Å². The van der Waals surface area contributed by atoms with E-state index >= 15 is 0 Å². The highest BCUT2D eigenvalue weighted by molar-refractivity contribution is 9.10. The minimum absolute atomic E-state index is 0.635. The molecule has 1 fully saturated rings. The molecule has 4 heteroatoms. The van der Waals surface area contributed by atoms with Crippen LogP contribution in [0.25, 0.3) is 0 Å². The lowest BCUT2D eigenvalue weighted by Gasteiger charge is -2.19. The molecule has 1 N–H and O–H groups in total. The molecule has 1 aliphatic rings. The standard InChI is InChI=1S/C10H16BrN3/c1-7(2)14-4-3-8(6-14)9-5-12-10(11)13-9/h5,7-8H,3-4,6H2,1-2H3,(H,12,13). The summed E-state index contributed by atoms with van der Waals surface area (Å²) in [6, 6.07) is 0.659. The van der Waals surface area contributed by atoms with Crippen molar-refractivity contribution in [3.8, 4) is 0 Å². The number of nitrogens with one attached hydrogen (secondary N) is 1. The summed E-state index contributed by atoms with van der Waals surface area (Å²) < 4.78 is 0.843. The van der Waals surface area contributed by atoms with E-state index in [4.69, 9.17) is 0 Å². The lowest BCUT2D eigenvalue weighted by atomic mass is 10.1. The number of aromatic amines is 1. The molecule has 0 bridgehead atoms. The zero-order valence-electron chi connectivity index (χ0n) is 8.63. The molecule has 1 saturated heterocycles. The maximum atomic E-state index is 4.17. The molecule has 3 nitrogen and oxygen atoms in total. The Hall–Kier alpha value is -0.350. The Bertz CT molecular complexity index is 308. The van der Waals surface area contributed by atoms with Gasteiger partial charge in [0.1, 0.15) is 0 Å². The molecule has 0 saturated carbocycles. The van der Waals surface area contributed by atoms with Crippen LogP contribution >= 0.6 is 15.9 Å². The SMILES string of the molecule is CC(C)N1CCC(c2cnc(Br)[nH]2)C1. The van der Waals surface area contributed by atoms with Gasteiger partial charge < -0.3 is 9.88 Å². The molecule has 1 atom stereocenters. The van der Waals surface area contributed by atoms with Crippen LogP contribution in [0.1, 0.15) is 31.9 Å². The average Bonchev–Trinajstić information content (AvgIpc) is 2.70. The smallest absolute Gasteiger partial charge is 0.174 e. The van der Waals surface area contributed by atoms with Gasteiger partial charge in [-0.2, -0.15) is 0 Å².